The van der Waals surface area contributed by atoms with Gasteiger partial charge in [0.1, 0.15) is 30.9 Å². The maximum Gasteiger partial charge on any atom is 0.167 e. The third-order valence-electron chi connectivity index (χ3n) is 4.78. The normalized spacial score (nSPS) is 24.5. The van der Waals surface area contributed by atoms with Crippen LogP contribution in [0, 0.1) is 0 Å². The van der Waals surface area contributed by atoms with Crippen molar-refractivity contribution in [2.45, 2.75) is 31.1 Å². The Bertz CT molecular complexity index is 993. The van der Waals surface area contributed by atoms with Crippen molar-refractivity contribution < 1.29 is 24.9 Å². The van der Waals surface area contributed by atoms with Crippen molar-refractivity contribution in [3.63, 3.8) is 0 Å². The summed E-state index contributed by atoms with van der Waals surface area (Å²) in [5.74, 6) is 0.455. The van der Waals surface area contributed by atoms with E-state index in [2.05, 4.69) is 20.3 Å². The molecule has 0 bridgehead atoms. The van der Waals surface area contributed by atoms with Gasteiger partial charge in [0.05, 0.1) is 12.9 Å². The molecule has 4 N–H and O–H groups in total. The van der Waals surface area contributed by atoms with Crippen molar-refractivity contribution in [1.82, 2.24) is 19.5 Å². The molecule has 2 aromatic heterocycles. The zero-order chi connectivity index (χ0) is 19.7. The van der Waals surface area contributed by atoms with Crippen molar-refractivity contribution in [1.29, 1.82) is 0 Å². The Kier molecular flexibility index (Phi) is 5.01. The van der Waals surface area contributed by atoms with Gasteiger partial charge in [-0.1, -0.05) is 24.3 Å². The smallest absolute Gasteiger partial charge is 0.167 e. The van der Waals surface area contributed by atoms with E-state index in [1.165, 1.54) is 17.2 Å². The van der Waals surface area contributed by atoms with Crippen LogP contribution in [0.5, 0.6) is 0 Å². The Labute approximate surface area is 159 Å². The minimum atomic E-state index is -1.24. The number of fused-ring (bicyclic) bond motifs is 1. The second-order valence-corrected chi connectivity index (χ2v) is 6.45. The minimum absolute atomic E-state index is 0.363. The predicted molar refractivity (Wildman–Crippen MR) is 97.5 cm³/mol. The number of aliphatic hydroxyl groups excluding tert-OH is 3. The number of anilines is 1. The zero-order valence-electron chi connectivity index (χ0n) is 14.7. The summed E-state index contributed by atoms with van der Waals surface area (Å²) in [6, 6.07) is 7.21. The number of aliphatic hydroxyl groups is 3. The van der Waals surface area contributed by atoms with Crippen molar-refractivity contribution in [2.24, 2.45) is 0 Å². The molecule has 0 amide bonds. The molecule has 1 aromatic carbocycles. The van der Waals surface area contributed by atoms with Crippen molar-refractivity contribution >= 4 is 23.3 Å². The van der Waals surface area contributed by atoms with Gasteiger partial charge in [-0.3, -0.25) is 9.36 Å². The highest BCUT2D eigenvalue weighted by atomic mass is 16.6. The molecule has 10 nitrogen and oxygen atoms in total. The molecule has 1 fully saturated rings. The Morgan fingerprint density at radius 1 is 1.18 bits per heavy atom. The topological polar surface area (TPSA) is 143 Å². The summed E-state index contributed by atoms with van der Waals surface area (Å²) in [5.41, 5.74) is 2.24. The standard InChI is InChI=1S/C18H19N5O5/c24-6-11-4-2-1-3-10(11)5-19-16-13-17(21-8-20-16)23(9-22-13)18-15(27)14(26)12(7-25)28-18/h1-4,6,8-9,12,14-15,18,25-27H,5,7H2,(H,19,20,21)/t12-,14-,15-,18?/m1/s1. The van der Waals surface area contributed by atoms with Gasteiger partial charge in [-0.05, 0) is 5.56 Å². The number of carbonyl (C=O) groups is 1. The van der Waals surface area contributed by atoms with E-state index in [1.807, 2.05) is 12.1 Å². The van der Waals surface area contributed by atoms with Gasteiger partial charge in [0.15, 0.2) is 23.2 Å². The number of carbonyl (C=O) groups excluding carboxylic acids is 1. The zero-order valence-corrected chi connectivity index (χ0v) is 14.7. The number of hydrogen-bond acceptors (Lipinski definition) is 9. The number of aldehydes is 1. The first-order chi connectivity index (χ1) is 13.6. The molecule has 1 unspecified atom stereocenters. The maximum absolute atomic E-state index is 11.2. The average Bonchev–Trinajstić information content (AvgIpc) is 3.28. The maximum atomic E-state index is 11.2. The highest BCUT2D eigenvalue weighted by molar-refractivity contribution is 5.83. The summed E-state index contributed by atoms with van der Waals surface area (Å²) in [5, 5.41) is 32.6. The molecule has 3 aromatic rings. The summed E-state index contributed by atoms with van der Waals surface area (Å²) in [7, 11) is 0. The monoisotopic (exact) mass is 385 g/mol. The molecule has 4 atom stereocenters. The lowest BCUT2D eigenvalue weighted by Gasteiger charge is -2.16. The summed E-state index contributed by atoms with van der Waals surface area (Å²) < 4.78 is 7.03. The van der Waals surface area contributed by atoms with Crippen molar-refractivity contribution in [3.05, 3.63) is 48.0 Å². The van der Waals surface area contributed by atoms with E-state index in [9.17, 15) is 20.1 Å². The number of rotatable bonds is 6. The summed E-state index contributed by atoms with van der Waals surface area (Å²) >= 11 is 0. The molecule has 28 heavy (non-hydrogen) atoms. The second kappa shape index (κ2) is 7.60. The first-order valence-corrected chi connectivity index (χ1v) is 8.71. The molecule has 10 heteroatoms. The van der Waals surface area contributed by atoms with E-state index in [0.717, 1.165) is 11.8 Å². The molecule has 0 spiro atoms. The molecule has 0 aliphatic carbocycles. The number of nitrogens with zero attached hydrogens (tertiary/aromatic N) is 4. The highest BCUT2D eigenvalue weighted by Gasteiger charge is 2.44. The Morgan fingerprint density at radius 3 is 2.75 bits per heavy atom. The lowest BCUT2D eigenvalue weighted by atomic mass is 10.1. The van der Waals surface area contributed by atoms with E-state index < -0.39 is 31.1 Å². The lowest BCUT2D eigenvalue weighted by Crippen LogP contribution is -2.33. The SMILES string of the molecule is O=Cc1ccccc1CNc1ncnc2c1ncn2C1O[C@H](CO)[C@@H](O)[C@H]1O. The quantitative estimate of drug-likeness (QED) is 0.426. The minimum Gasteiger partial charge on any atom is -0.394 e. The van der Waals surface area contributed by atoms with E-state index in [1.54, 1.807) is 12.1 Å². The van der Waals surface area contributed by atoms with Gasteiger partial charge in [0.25, 0.3) is 0 Å². The fourth-order valence-corrected chi connectivity index (χ4v) is 3.27. The highest BCUT2D eigenvalue weighted by Crippen LogP contribution is 2.32. The van der Waals surface area contributed by atoms with Crippen molar-refractivity contribution in [2.75, 3.05) is 11.9 Å². The van der Waals surface area contributed by atoms with E-state index in [-0.39, 0.29) is 0 Å². The molecule has 1 aliphatic rings. The summed E-state index contributed by atoms with van der Waals surface area (Å²) in [6.45, 7) is -0.0545. The second-order valence-electron chi connectivity index (χ2n) is 6.45. The third kappa shape index (κ3) is 3.12. The molecule has 0 saturated carbocycles. The third-order valence-corrected chi connectivity index (χ3v) is 4.78. The molecule has 1 aliphatic heterocycles. The molecule has 4 rings (SSSR count). The fourth-order valence-electron chi connectivity index (χ4n) is 3.27. The molecular formula is C18H19N5O5. The fraction of sp³-hybridized carbons (Fsp3) is 0.333. The van der Waals surface area contributed by atoms with E-state index in [0.29, 0.717) is 29.1 Å². The van der Waals surface area contributed by atoms with Crippen LogP contribution in [-0.2, 0) is 11.3 Å². The van der Waals surface area contributed by atoms with Gasteiger partial charge in [0.2, 0.25) is 0 Å². The number of imidazole rings is 1. The molecule has 146 valence electrons. The van der Waals surface area contributed by atoms with Gasteiger partial charge in [-0.2, -0.15) is 0 Å². The number of ether oxygens (including phenoxy) is 1. The van der Waals surface area contributed by atoms with Crippen LogP contribution < -0.4 is 5.32 Å². The summed E-state index contributed by atoms with van der Waals surface area (Å²) in [6.07, 6.45) is -0.706. The van der Waals surface area contributed by atoms with Crippen molar-refractivity contribution in [3.8, 4) is 0 Å². The number of nitrogens with one attached hydrogen (secondary N) is 1. The van der Waals surface area contributed by atoms with Gasteiger partial charge in [0, 0.05) is 12.1 Å². The van der Waals surface area contributed by atoms with E-state index >= 15 is 0 Å². The van der Waals surface area contributed by atoms with E-state index in [4.69, 9.17) is 4.74 Å². The Hall–Kier alpha value is -2.92. The Morgan fingerprint density at radius 2 is 2.00 bits per heavy atom. The molecule has 3 heterocycles. The number of hydrogen-bond donors (Lipinski definition) is 4. The van der Waals surface area contributed by atoms with Crippen LogP contribution in [0.15, 0.2) is 36.9 Å². The van der Waals surface area contributed by atoms with Crippen LogP contribution in [-0.4, -0.2) is 66.0 Å². The number of benzene rings is 1. The van der Waals surface area contributed by atoms with Gasteiger partial charge in [-0.25, -0.2) is 15.0 Å². The first kappa shape index (κ1) is 18.4. The number of aromatic nitrogens is 4. The largest absolute Gasteiger partial charge is 0.394 e. The van der Waals surface area contributed by atoms with Gasteiger partial charge in [-0.15, -0.1) is 0 Å². The molecule has 0 radical (unpaired) electrons. The van der Waals surface area contributed by atoms with Crippen LogP contribution in [0.2, 0.25) is 0 Å². The summed E-state index contributed by atoms with van der Waals surface area (Å²) in [4.78, 5) is 23.9. The van der Waals surface area contributed by atoms with Gasteiger partial charge < -0.3 is 25.4 Å². The predicted octanol–water partition coefficient (Wildman–Crippen LogP) is -0.138. The Balaban J connectivity index is 1.61. The van der Waals surface area contributed by atoms with Crippen LogP contribution in [0.3, 0.4) is 0 Å². The first-order valence-electron chi connectivity index (χ1n) is 8.71. The van der Waals surface area contributed by atoms with Gasteiger partial charge >= 0.3 is 0 Å². The van der Waals surface area contributed by atoms with Crippen LogP contribution in [0.1, 0.15) is 22.1 Å². The average molecular weight is 385 g/mol. The van der Waals surface area contributed by atoms with Crippen LogP contribution in [0.25, 0.3) is 11.2 Å². The molecule has 1 saturated heterocycles. The van der Waals surface area contributed by atoms with Crippen LogP contribution >= 0.6 is 0 Å². The van der Waals surface area contributed by atoms with Crippen LogP contribution in [0.4, 0.5) is 5.82 Å². The lowest BCUT2D eigenvalue weighted by molar-refractivity contribution is -0.0511. The molecular weight excluding hydrogens is 366 g/mol.